The van der Waals surface area contributed by atoms with Crippen molar-refractivity contribution in [3.63, 3.8) is 0 Å². The molecule has 0 bridgehead atoms. The minimum atomic E-state index is 0.0207. The Hall–Kier alpha value is -1.53. The van der Waals surface area contributed by atoms with Crippen LogP contribution < -0.4 is 10.2 Å². The van der Waals surface area contributed by atoms with Gasteiger partial charge in [-0.1, -0.05) is 15.9 Å². The largest absolute Gasteiger partial charge is 0.370 e. The molecule has 4 nitrogen and oxygen atoms in total. The predicted molar refractivity (Wildman–Crippen MR) is 112 cm³/mol. The lowest BCUT2D eigenvalue weighted by molar-refractivity contribution is 0.194. The van der Waals surface area contributed by atoms with Crippen molar-refractivity contribution < 1.29 is 4.79 Å². The van der Waals surface area contributed by atoms with Gasteiger partial charge in [-0.2, -0.15) is 11.3 Å². The number of rotatable bonds is 3. The van der Waals surface area contributed by atoms with Crippen LogP contribution in [-0.2, 0) is 0 Å². The van der Waals surface area contributed by atoms with Gasteiger partial charge in [0.15, 0.2) is 0 Å². The van der Waals surface area contributed by atoms with Gasteiger partial charge in [-0.25, -0.2) is 4.79 Å². The van der Waals surface area contributed by atoms with Crippen molar-refractivity contribution in [2.75, 3.05) is 36.4 Å². The first-order valence-corrected chi connectivity index (χ1v) is 11.1. The summed E-state index contributed by atoms with van der Waals surface area (Å²) in [6, 6.07) is 8.41. The van der Waals surface area contributed by atoms with Crippen LogP contribution in [0.15, 0.2) is 39.5 Å². The van der Waals surface area contributed by atoms with Gasteiger partial charge in [0.25, 0.3) is 0 Å². The molecule has 0 unspecified atom stereocenters. The van der Waals surface area contributed by atoms with Crippen LogP contribution in [0.1, 0.15) is 37.2 Å². The maximum atomic E-state index is 12.8. The van der Waals surface area contributed by atoms with E-state index in [9.17, 15) is 4.79 Å². The van der Waals surface area contributed by atoms with Crippen molar-refractivity contribution in [1.82, 2.24) is 4.90 Å². The van der Waals surface area contributed by atoms with Gasteiger partial charge in [0, 0.05) is 30.7 Å². The summed E-state index contributed by atoms with van der Waals surface area (Å²) >= 11 is 5.29. The molecule has 2 aliphatic rings. The molecule has 6 heteroatoms. The van der Waals surface area contributed by atoms with Crippen molar-refractivity contribution in [2.24, 2.45) is 0 Å². The molecule has 0 saturated carbocycles. The van der Waals surface area contributed by atoms with E-state index < -0.39 is 0 Å². The third kappa shape index (κ3) is 3.91. The van der Waals surface area contributed by atoms with Gasteiger partial charge in [-0.3, -0.25) is 0 Å². The Bertz CT molecular complexity index is 750. The number of likely N-dealkylation sites (tertiary alicyclic amines) is 1. The topological polar surface area (TPSA) is 35.6 Å². The predicted octanol–water partition coefficient (Wildman–Crippen LogP) is 5.52. The molecule has 1 aromatic carbocycles. The molecular formula is C20H24BrN3OS. The summed E-state index contributed by atoms with van der Waals surface area (Å²) in [5.74, 6) is 0.594. The van der Waals surface area contributed by atoms with Gasteiger partial charge in [0.05, 0.1) is 11.4 Å². The lowest BCUT2D eigenvalue weighted by Gasteiger charge is -2.32. The molecule has 4 rings (SSSR count). The highest BCUT2D eigenvalue weighted by molar-refractivity contribution is 9.10. The molecule has 1 aromatic heterocycles. The number of thiophene rings is 1. The number of nitrogens with one attached hydrogen (secondary N) is 1. The third-order valence-corrected chi connectivity index (χ3v) is 6.64. The zero-order valence-corrected chi connectivity index (χ0v) is 17.2. The number of nitrogens with zero attached hydrogens (tertiary/aromatic N) is 2. The van der Waals surface area contributed by atoms with Crippen molar-refractivity contribution in [1.29, 1.82) is 0 Å². The monoisotopic (exact) mass is 433 g/mol. The number of urea groups is 1. The number of hydrogen-bond donors (Lipinski definition) is 1. The average molecular weight is 434 g/mol. The maximum absolute atomic E-state index is 12.8. The molecule has 2 aromatic rings. The Morgan fingerprint density at radius 3 is 2.58 bits per heavy atom. The molecule has 0 aliphatic carbocycles. The fraction of sp³-hybridized carbons (Fsp3) is 0.450. The van der Waals surface area contributed by atoms with Crippen LogP contribution in [0.3, 0.4) is 0 Å². The molecular weight excluding hydrogens is 410 g/mol. The maximum Gasteiger partial charge on any atom is 0.321 e. The quantitative estimate of drug-likeness (QED) is 0.690. The summed E-state index contributed by atoms with van der Waals surface area (Å²) < 4.78 is 0.993. The first-order chi connectivity index (χ1) is 12.7. The minimum absolute atomic E-state index is 0.0207. The lowest BCUT2D eigenvalue weighted by Crippen LogP contribution is -2.40. The van der Waals surface area contributed by atoms with Crippen molar-refractivity contribution in [3.8, 4) is 0 Å². The Balaban J connectivity index is 1.41. The second-order valence-corrected chi connectivity index (χ2v) is 8.80. The smallest absolute Gasteiger partial charge is 0.321 e. The molecule has 138 valence electrons. The fourth-order valence-electron chi connectivity index (χ4n) is 3.96. The SMILES string of the molecule is O=C(Nc1cc(Br)ccc1N1CCCC1)N1CCC(c2ccsc2)CC1. The number of carbonyl (C=O) groups excluding carboxylic acids is 1. The van der Waals surface area contributed by atoms with Crippen LogP contribution >= 0.6 is 27.3 Å². The van der Waals surface area contributed by atoms with Crippen LogP contribution in [-0.4, -0.2) is 37.1 Å². The summed E-state index contributed by atoms with van der Waals surface area (Å²) in [6.07, 6.45) is 4.53. The number of benzene rings is 1. The molecule has 0 atom stereocenters. The second-order valence-electron chi connectivity index (χ2n) is 7.10. The molecule has 2 aliphatic heterocycles. The standard InChI is InChI=1S/C20H24BrN3OS/c21-17-3-4-19(23-8-1-2-9-23)18(13-17)22-20(25)24-10-5-15(6-11-24)16-7-12-26-14-16/h3-4,7,12-15H,1-2,5-6,8-11H2,(H,22,25). The normalized spacial score (nSPS) is 18.3. The van der Waals surface area contributed by atoms with Crippen LogP contribution in [0.4, 0.5) is 16.2 Å². The number of anilines is 2. The molecule has 1 N–H and O–H groups in total. The average Bonchev–Trinajstić information content (AvgIpc) is 3.36. The van der Waals surface area contributed by atoms with E-state index in [-0.39, 0.29) is 6.03 Å². The molecule has 0 radical (unpaired) electrons. The van der Waals surface area contributed by atoms with Crippen LogP contribution in [0, 0.1) is 0 Å². The van der Waals surface area contributed by atoms with Crippen LogP contribution in [0.2, 0.25) is 0 Å². The number of carbonyl (C=O) groups is 1. The van der Waals surface area contributed by atoms with E-state index in [4.69, 9.17) is 0 Å². The van der Waals surface area contributed by atoms with E-state index in [2.05, 4.69) is 55.1 Å². The molecule has 2 saturated heterocycles. The zero-order valence-electron chi connectivity index (χ0n) is 14.8. The number of piperidine rings is 1. The number of halogens is 1. The Kier molecular flexibility index (Phi) is 5.50. The van der Waals surface area contributed by atoms with Crippen LogP contribution in [0.25, 0.3) is 0 Å². The zero-order chi connectivity index (χ0) is 17.9. The Morgan fingerprint density at radius 1 is 1.12 bits per heavy atom. The minimum Gasteiger partial charge on any atom is -0.370 e. The van der Waals surface area contributed by atoms with E-state index in [1.54, 1.807) is 11.3 Å². The van der Waals surface area contributed by atoms with E-state index in [0.29, 0.717) is 5.92 Å². The third-order valence-electron chi connectivity index (χ3n) is 5.44. The molecule has 26 heavy (non-hydrogen) atoms. The van der Waals surface area contributed by atoms with Gasteiger partial charge in [-0.05, 0) is 72.2 Å². The number of amides is 2. The molecule has 2 amide bonds. The fourth-order valence-corrected chi connectivity index (χ4v) is 5.06. The Labute approximate surface area is 167 Å². The summed E-state index contributed by atoms with van der Waals surface area (Å²) in [5.41, 5.74) is 3.47. The first kappa shape index (κ1) is 17.9. The van der Waals surface area contributed by atoms with Crippen LogP contribution in [0.5, 0.6) is 0 Å². The van der Waals surface area contributed by atoms with E-state index in [1.165, 1.54) is 18.4 Å². The highest BCUT2D eigenvalue weighted by Gasteiger charge is 2.25. The Morgan fingerprint density at radius 2 is 1.88 bits per heavy atom. The molecule has 3 heterocycles. The van der Waals surface area contributed by atoms with Crippen molar-refractivity contribution in [2.45, 2.75) is 31.6 Å². The van der Waals surface area contributed by atoms with E-state index in [0.717, 1.165) is 54.9 Å². The van der Waals surface area contributed by atoms with E-state index >= 15 is 0 Å². The number of hydrogen-bond acceptors (Lipinski definition) is 3. The second kappa shape index (κ2) is 8.01. The molecule has 2 fully saturated rings. The first-order valence-electron chi connectivity index (χ1n) is 9.33. The summed E-state index contributed by atoms with van der Waals surface area (Å²) in [5, 5.41) is 7.55. The summed E-state index contributed by atoms with van der Waals surface area (Å²) in [7, 11) is 0. The van der Waals surface area contributed by atoms with Gasteiger partial charge >= 0.3 is 6.03 Å². The van der Waals surface area contributed by atoms with Gasteiger partial charge in [0.1, 0.15) is 0 Å². The van der Waals surface area contributed by atoms with Gasteiger partial charge < -0.3 is 15.1 Å². The van der Waals surface area contributed by atoms with E-state index in [1.807, 2.05) is 11.0 Å². The lowest BCUT2D eigenvalue weighted by atomic mass is 9.91. The van der Waals surface area contributed by atoms with Crippen molar-refractivity contribution >= 4 is 44.7 Å². The summed E-state index contributed by atoms with van der Waals surface area (Å²) in [4.78, 5) is 17.1. The highest BCUT2D eigenvalue weighted by Crippen LogP contribution is 2.33. The molecule has 0 spiro atoms. The van der Waals surface area contributed by atoms with Gasteiger partial charge in [0.2, 0.25) is 0 Å². The summed E-state index contributed by atoms with van der Waals surface area (Å²) in [6.45, 7) is 3.77. The van der Waals surface area contributed by atoms with Crippen molar-refractivity contribution in [3.05, 3.63) is 45.1 Å². The van der Waals surface area contributed by atoms with Gasteiger partial charge in [-0.15, -0.1) is 0 Å². The highest BCUT2D eigenvalue weighted by atomic mass is 79.9.